The predicted molar refractivity (Wildman–Crippen MR) is 79.8 cm³/mol. The lowest BCUT2D eigenvalue weighted by Crippen LogP contribution is -2.35. The Balaban J connectivity index is 1.96. The molecular formula is C16H13NO3. The molecule has 0 aliphatic rings. The van der Waals surface area contributed by atoms with Crippen molar-refractivity contribution in [2.45, 2.75) is 6.92 Å². The van der Waals surface area contributed by atoms with Crippen LogP contribution in [0.5, 0.6) is 5.75 Å². The van der Waals surface area contributed by atoms with Crippen molar-refractivity contribution in [1.29, 1.82) is 0 Å². The summed E-state index contributed by atoms with van der Waals surface area (Å²) in [7, 11) is 0. The van der Waals surface area contributed by atoms with Gasteiger partial charge in [0, 0.05) is 5.69 Å². The summed E-state index contributed by atoms with van der Waals surface area (Å²) >= 11 is 0. The molecule has 0 aliphatic carbocycles. The van der Waals surface area contributed by atoms with Crippen LogP contribution in [0.25, 0.3) is 10.8 Å². The number of benzene rings is 2. The zero-order valence-electron chi connectivity index (χ0n) is 11.0. The second-order valence-electron chi connectivity index (χ2n) is 4.48. The summed E-state index contributed by atoms with van der Waals surface area (Å²) in [5.74, 6) is 0.130. The van der Waals surface area contributed by atoms with Gasteiger partial charge in [0.05, 0.1) is 6.61 Å². The molecule has 100 valence electrons. The molecule has 1 N–H and O–H groups in total. The zero-order valence-corrected chi connectivity index (χ0v) is 11.0. The van der Waals surface area contributed by atoms with Crippen molar-refractivity contribution in [1.82, 2.24) is 0 Å². The first kappa shape index (κ1) is 12.4. The van der Waals surface area contributed by atoms with Crippen LogP contribution >= 0.6 is 0 Å². The van der Waals surface area contributed by atoms with Crippen LogP contribution in [-0.4, -0.2) is 6.61 Å². The van der Waals surface area contributed by atoms with E-state index in [0.717, 1.165) is 16.5 Å². The highest BCUT2D eigenvalue weighted by molar-refractivity contribution is 5.87. The van der Waals surface area contributed by atoms with Crippen LogP contribution < -0.4 is 20.9 Å². The van der Waals surface area contributed by atoms with Crippen LogP contribution in [-0.2, 0) is 0 Å². The van der Waals surface area contributed by atoms with Crippen LogP contribution in [0.3, 0.4) is 0 Å². The Morgan fingerprint density at radius 1 is 1.00 bits per heavy atom. The van der Waals surface area contributed by atoms with Gasteiger partial charge in [0.1, 0.15) is 5.69 Å². The minimum atomic E-state index is -0.560. The third-order valence-electron chi connectivity index (χ3n) is 3.17. The average Bonchev–Trinajstić information content (AvgIpc) is 2.50. The molecule has 0 fully saturated rings. The predicted octanol–water partition coefficient (Wildman–Crippen LogP) is 2.58. The lowest BCUT2D eigenvalue weighted by Gasteiger charge is -2.13. The van der Waals surface area contributed by atoms with Crippen LogP contribution in [0, 0.1) is 0 Å². The molecule has 3 rings (SSSR count). The second-order valence-corrected chi connectivity index (χ2v) is 4.48. The molecule has 0 heterocycles. The monoisotopic (exact) mass is 267 g/mol. The lowest BCUT2D eigenvalue weighted by molar-refractivity contribution is 0.335. The van der Waals surface area contributed by atoms with Crippen molar-refractivity contribution < 1.29 is 4.74 Å². The van der Waals surface area contributed by atoms with E-state index in [1.165, 1.54) is 0 Å². The molecule has 4 nitrogen and oxygen atoms in total. The topological polar surface area (TPSA) is 55.4 Å². The minimum Gasteiger partial charge on any atom is -0.488 e. The highest BCUT2D eigenvalue weighted by Crippen LogP contribution is 2.25. The molecule has 4 heteroatoms. The van der Waals surface area contributed by atoms with Crippen molar-refractivity contribution in [3.8, 4) is 5.75 Å². The summed E-state index contributed by atoms with van der Waals surface area (Å²) in [5.41, 5.74) is -0.0827. The van der Waals surface area contributed by atoms with Crippen molar-refractivity contribution >= 4 is 22.1 Å². The average molecular weight is 267 g/mol. The number of nitrogens with one attached hydrogen (secondary N) is 1. The third kappa shape index (κ3) is 1.95. The van der Waals surface area contributed by atoms with Crippen LogP contribution in [0.4, 0.5) is 11.4 Å². The van der Waals surface area contributed by atoms with Gasteiger partial charge in [-0.25, -0.2) is 0 Å². The van der Waals surface area contributed by atoms with Crippen LogP contribution in [0.1, 0.15) is 6.92 Å². The Hall–Kier alpha value is -2.62. The van der Waals surface area contributed by atoms with E-state index in [0.29, 0.717) is 6.61 Å². The van der Waals surface area contributed by atoms with Crippen molar-refractivity contribution in [3.63, 3.8) is 0 Å². The van der Waals surface area contributed by atoms with Gasteiger partial charge in [0.2, 0.25) is 0 Å². The molecule has 0 spiro atoms. The Kier molecular flexibility index (Phi) is 2.99. The first-order chi connectivity index (χ1) is 9.70. The highest BCUT2D eigenvalue weighted by atomic mass is 16.5. The van der Waals surface area contributed by atoms with Gasteiger partial charge in [-0.15, -0.1) is 0 Å². The number of ether oxygens (including phenoxy) is 1. The Morgan fingerprint density at radius 2 is 1.75 bits per heavy atom. The highest BCUT2D eigenvalue weighted by Gasteiger charge is 2.22. The maximum Gasteiger partial charge on any atom is 0.272 e. The number of fused-ring (bicyclic) bond motifs is 1. The molecule has 0 saturated carbocycles. The van der Waals surface area contributed by atoms with E-state index in [9.17, 15) is 9.59 Å². The van der Waals surface area contributed by atoms with Gasteiger partial charge in [0.25, 0.3) is 10.9 Å². The number of rotatable bonds is 4. The van der Waals surface area contributed by atoms with Gasteiger partial charge < -0.3 is 10.1 Å². The molecular weight excluding hydrogens is 254 g/mol. The molecule has 0 unspecified atom stereocenters. The molecule has 0 bridgehead atoms. The lowest BCUT2D eigenvalue weighted by atomic mass is 10.1. The van der Waals surface area contributed by atoms with Crippen molar-refractivity contribution in [2.75, 3.05) is 11.9 Å². The van der Waals surface area contributed by atoms with Crippen LogP contribution in [0.15, 0.2) is 52.1 Å². The summed E-state index contributed by atoms with van der Waals surface area (Å²) in [5, 5.41) is 5.15. The number of hydrogen-bond donors (Lipinski definition) is 1. The largest absolute Gasteiger partial charge is 0.488 e. The van der Waals surface area contributed by atoms with Gasteiger partial charge in [-0.1, -0.05) is 30.3 Å². The van der Waals surface area contributed by atoms with Gasteiger partial charge >= 0.3 is 0 Å². The number of anilines is 2. The summed E-state index contributed by atoms with van der Waals surface area (Å²) < 4.78 is 5.18. The fourth-order valence-corrected chi connectivity index (χ4v) is 2.18. The van der Waals surface area contributed by atoms with E-state index in [2.05, 4.69) is 5.32 Å². The minimum absolute atomic E-state index is 0.130. The summed E-state index contributed by atoms with van der Waals surface area (Å²) in [4.78, 5) is 23.0. The Bertz CT molecular complexity index is 844. The van der Waals surface area contributed by atoms with Gasteiger partial charge in [0.15, 0.2) is 5.75 Å². The smallest absolute Gasteiger partial charge is 0.272 e. The molecule has 3 aromatic carbocycles. The maximum absolute atomic E-state index is 11.6. The first-order valence-electron chi connectivity index (χ1n) is 6.42. The molecule has 0 amide bonds. The quantitative estimate of drug-likeness (QED) is 0.738. The fourth-order valence-electron chi connectivity index (χ4n) is 2.18. The maximum atomic E-state index is 11.6. The van der Waals surface area contributed by atoms with Crippen molar-refractivity contribution in [3.05, 3.63) is 62.9 Å². The molecule has 3 aromatic rings. The molecule has 20 heavy (non-hydrogen) atoms. The summed E-state index contributed by atoms with van der Waals surface area (Å²) in [6.07, 6.45) is 0. The SMILES string of the molecule is CCOc1c(Nc2ccc3ccccc3c2)c(=O)c1=O. The number of hydrogen-bond acceptors (Lipinski definition) is 4. The molecule has 0 radical (unpaired) electrons. The Labute approximate surface area is 115 Å². The van der Waals surface area contributed by atoms with E-state index in [-0.39, 0.29) is 11.4 Å². The zero-order chi connectivity index (χ0) is 14.1. The van der Waals surface area contributed by atoms with E-state index in [1.54, 1.807) is 6.92 Å². The van der Waals surface area contributed by atoms with Crippen LogP contribution in [0.2, 0.25) is 0 Å². The Morgan fingerprint density at radius 3 is 2.50 bits per heavy atom. The standard InChI is InChI=1S/C16H13NO3/c1-2-20-16-13(14(18)15(16)19)17-12-8-7-10-5-3-4-6-11(10)9-12/h3-9,17H,2H2,1H3. The molecule has 0 aliphatic heterocycles. The normalized spacial score (nSPS) is 10.8. The van der Waals surface area contributed by atoms with Crippen molar-refractivity contribution in [2.24, 2.45) is 0 Å². The molecule has 0 aromatic heterocycles. The molecule has 0 atom stereocenters. The second kappa shape index (κ2) is 4.81. The first-order valence-corrected chi connectivity index (χ1v) is 6.42. The van der Waals surface area contributed by atoms with Gasteiger partial charge in [-0.2, -0.15) is 0 Å². The van der Waals surface area contributed by atoms with E-state index in [1.807, 2.05) is 42.5 Å². The van der Waals surface area contributed by atoms with E-state index < -0.39 is 10.9 Å². The summed E-state index contributed by atoms with van der Waals surface area (Å²) in [6, 6.07) is 13.7. The fraction of sp³-hybridized carbons (Fsp3) is 0.125. The third-order valence-corrected chi connectivity index (χ3v) is 3.17. The van der Waals surface area contributed by atoms with Gasteiger partial charge in [-0.3, -0.25) is 9.59 Å². The van der Waals surface area contributed by atoms with E-state index >= 15 is 0 Å². The summed E-state index contributed by atoms with van der Waals surface area (Å²) in [6.45, 7) is 2.13. The van der Waals surface area contributed by atoms with E-state index in [4.69, 9.17) is 4.74 Å². The molecule has 0 saturated heterocycles. The van der Waals surface area contributed by atoms with Gasteiger partial charge in [-0.05, 0) is 29.8 Å².